The third kappa shape index (κ3) is 4.79. The number of nitrogens with zero attached hydrogens (tertiary/aromatic N) is 2. The predicted molar refractivity (Wildman–Crippen MR) is 96.5 cm³/mol. The predicted octanol–water partition coefficient (Wildman–Crippen LogP) is 2.72. The van der Waals surface area contributed by atoms with E-state index in [1.807, 2.05) is 18.2 Å². The summed E-state index contributed by atoms with van der Waals surface area (Å²) in [7, 11) is -3.43. The Hall–Kier alpha value is -0.950. The normalized spacial score (nSPS) is 17.4. The summed E-state index contributed by atoms with van der Waals surface area (Å²) >= 11 is 0. The van der Waals surface area contributed by atoms with Gasteiger partial charge in [0.15, 0.2) is 0 Å². The smallest absolute Gasteiger partial charge is 0.243 e. The van der Waals surface area contributed by atoms with Crippen molar-refractivity contribution in [2.45, 2.75) is 51.1 Å². The van der Waals surface area contributed by atoms with Crippen LogP contribution in [0.25, 0.3) is 0 Å². The van der Waals surface area contributed by atoms with Gasteiger partial charge in [0.25, 0.3) is 0 Å². The largest absolute Gasteiger partial charge is 0.379 e. The Bertz CT molecular complexity index is 632. The fourth-order valence-corrected chi connectivity index (χ4v) is 4.36. The van der Waals surface area contributed by atoms with Crippen LogP contribution >= 0.6 is 0 Å². The molecule has 0 amide bonds. The van der Waals surface area contributed by atoms with Gasteiger partial charge in [-0.15, -0.1) is 0 Å². The minimum atomic E-state index is -3.43. The van der Waals surface area contributed by atoms with Gasteiger partial charge in [-0.2, -0.15) is 4.31 Å². The van der Waals surface area contributed by atoms with Crippen LogP contribution in [-0.2, 0) is 21.3 Å². The maximum absolute atomic E-state index is 12.8. The van der Waals surface area contributed by atoms with Crippen molar-refractivity contribution in [1.82, 2.24) is 9.21 Å². The van der Waals surface area contributed by atoms with Crippen LogP contribution in [0.2, 0.25) is 0 Å². The number of morpholine rings is 1. The fraction of sp³-hybridized carbons (Fsp3) is 0.667. The van der Waals surface area contributed by atoms with Crippen LogP contribution in [-0.4, -0.2) is 56.0 Å². The Morgan fingerprint density at radius 1 is 1.21 bits per heavy atom. The van der Waals surface area contributed by atoms with Crippen molar-refractivity contribution in [3.05, 3.63) is 29.8 Å². The molecular formula is C18H30N2O3S. The molecule has 1 aliphatic heterocycles. The Labute approximate surface area is 146 Å². The molecule has 0 radical (unpaired) electrons. The van der Waals surface area contributed by atoms with Gasteiger partial charge in [-0.25, -0.2) is 8.42 Å². The molecule has 0 unspecified atom stereocenters. The summed E-state index contributed by atoms with van der Waals surface area (Å²) in [6.07, 6.45) is 1.07. The van der Waals surface area contributed by atoms with Crippen LogP contribution in [0.15, 0.2) is 29.2 Å². The summed E-state index contributed by atoms with van der Waals surface area (Å²) in [6, 6.07) is 7.36. The van der Waals surface area contributed by atoms with Crippen molar-refractivity contribution in [2.75, 3.05) is 32.8 Å². The highest BCUT2D eigenvalue weighted by Gasteiger charge is 2.27. The maximum Gasteiger partial charge on any atom is 0.243 e. The van der Waals surface area contributed by atoms with Crippen LogP contribution < -0.4 is 0 Å². The highest BCUT2D eigenvalue weighted by Crippen LogP contribution is 2.22. The van der Waals surface area contributed by atoms with Gasteiger partial charge in [-0.05, 0) is 51.4 Å². The van der Waals surface area contributed by atoms with E-state index >= 15 is 0 Å². The molecule has 0 saturated carbocycles. The van der Waals surface area contributed by atoms with Gasteiger partial charge in [0.05, 0.1) is 18.1 Å². The van der Waals surface area contributed by atoms with Crippen LogP contribution in [0.1, 0.15) is 39.7 Å². The molecule has 1 aromatic rings. The summed E-state index contributed by atoms with van der Waals surface area (Å²) in [4.78, 5) is 2.76. The Morgan fingerprint density at radius 2 is 1.88 bits per heavy atom. The highest BCUT2D eigenvalue weighted by molar-refractivity contribution is 7.89. The molecule has 0 aromatic heterocycles. The van der Waals surface area contributed by atoms with E-state index in [1.54, 1.807) is 6.07 Å². The minimum Gasteiger partial charge on any atom is -0.379 e. The Kier molecular flexibility index (Phi) is 6.42. The van der Waals surface area contributed by atoms with Crippen LogP contribution in [0.3, 0.4) is 0 Å². The number of rotatable bonds is 6. The van der Waals surface area contributed by atoms with Crippen molar-refractivity contribution in [3.63, 3.8) is 0 Å². The quantitative estimate of drug-likeness (QED) is 0.788. The number of benzene rings is 1. The topological polar surface area (TPSA) is 49.9 Å². The zero-order valence-electron chi connectivity index (χ0n) is 15.3. The van der Waals surface area contributed by atoms with Crippen molar-refractivity contribution < 1.29 is 13.2 Å². The first-order valence-corrected chi connectivity index (χ1v) is 10.1. The first-order chi connectivity index (χ1) is 11.2. The SMILES string of the molecule is CCCN(Cc1cccc(S(=O)(=O)N2CCOCC2)c1)C(C)(C)C. The molecule has 1 saturated heterocycles. The summed E-state index contributed by atoms with van der Waals surface area (Å²) in [6.45, 7) is 12.3. The average Bonchev–Trinajstić information content (AvgIpc) is 2.55. The lowest BCUT2D eigenvalue weighted by atomic mass is 10.0. The van der Waals surface area contributed by atoms with Crippen molar-refractivity contribution in [1.29, 1.82) is 0 Å². The molecule has 6 heteroatoms. The lowest BCUT2D eigenvalue weighted by Gasteiger charge is -2.35. The third-order valence-corrected chi connectivity index (χ3v) is 6.22. The van der Waals surface area contributed by atoms with Crippen molar-refractivity contribution >= 4 is 10.0 Å². The first-order valence-electron chi connectivity index (χ1n) is 8.67. The van der Waals surface area contributed by atoms with Crippen LogP contribution in [0.5, 0.6) is 0 Å². The minimum absolute atomic E-state index is 0.0507. The number of sulfonamides is 1. The number of hydrogen-bond donors (Lipinski definition) is 0. The molecule has 0 spiro atoms. The summed E-state index contributed by atoms with van der Waals surface area (Å²) < 4.78 is 32.4. The van der Waals surface area contributed by atoms with Crippen molar-refractivity contribution in [3.8, 4) is 0 Å². The molecule has 1 heterocycles. The molecule has 1 fully saturated rings. The number of hydrogen-bond acceptors (Lipinski definition) is 4. The molecular weight excluding hydrogens is 324 g/mol. The van der Waals surface area contributed by atoms with E-state index in [9.17, 15) is 8.42 Å². The molecule has 5 nitrogen and oxygen atoms in total. The Balaban J connectivity index is 2.21. The molecule has 0 aliphatic carbocycles. The van der Waals surface area contributed by atoms with Gasteiger partial charge in [0.1, 0.15) is 0 Å². The molecule has 1 aromatic carbocycles. The van der Waals surface area contributed by atoms with Gasteiger partial charge < -0.3 is 4.74 Å². The van der Waals surface area contributed by atoms with Crippen LogP contribution in [0.4, 0.5) is 0 Å². The van der Waals surface area contributed by atoms with E-state index in [1.165, 1.54) is 4.31 Å². The van der Waals surface area contributed by atoms with E-state index in [4.69, 9.17) is 4.74 Å². The summed E-state index contributed by atoms with van der Waals surface area (Å²) in [5, 5.41) is 0. The standard InChI is InChI=1S/C18H30N2O3S/c1-5-9-19(18(2,3)4)15-16-7-6-8-17(14-16)24(21,22)20-10-12-23-13-11-20/h6-8,14H,5,9-13,15H2,1-4H3. The van der Waals surface area contributed by atoms with E-state index in [0.717, 1.165) is 25.1 Å². The lowest BCUT2D eigenvalue weighted by molar-refractivity contribution is 0.0730. The zero-order valence-corrected chi connectivity index (χ0v) is 16.1. The molecule has 0 atom stereocenters. The highest BCUT2D eigenvalue weighted by atomic mass is 32.2. The molecule has 136 valence electrons. The second-order valence-electron chi connectivity index (χ2n) is 7.26. The van der Waals surface area contributed by atoms with Gasteiger partial charge in [-0.3, -0.25) is 4.90 Å². The zero-order chi connectivity index (χ0) is 17.8. The second-order valence-corrected chi connectivity index (χ2v) is 9.19. The average molecular weight is 355 g/mol. The molecule has 24 heavy (non-hydrogen) atoms. The molecule has 0 bridgehead atoms. The Morgan fingerprint density at radius 3 is 2.46 bits per heavy atom. The van der Waals surface area contributed by atoms with Crippen LogP contribution in [0, 0.1) is 0 Å². The van der Waals surface area contributed by atoms with Crippen molar-refractivity contribution in [2.24, 2.45) is 0 Å². The monoisotopic (exact) mass is 354 g/mol. The molecule has 2 rings (SSSR count). The van der Waals surface area contributed by atoms with Gasteiger partial charge >= 0.3 is 0 Å². The number of ether oxygens (including phenoxy) is 1. The molecule has 1 aliphatic rings. The summed E-state index contributed by atoms with van der Waals surface area (Å²) in [5.74, 6) is 0. The lowest BCUT2D eigenvalue weighted by Crippen LogP contribution is -2.41. The van der Waals surface area contributed by atoms with E-state index in [-0.39, 0.29) is 5.54 Å². The van der Waals surface area contributed by atoms with Gasteiger partial charge in [0.2, 0.25) is 10.0 Å². The van der Waals surface area contributed by atoms with E-state index in [0.29, 0.717) is 31.2 Å². The fourth-order valence-electron chi connectivity index (χ4n) is 2.88. The second kappa shape index (κ2) is 7.95. The van der Waals surface area contributed by atoms with Gasteiger partial charge in [-0.1, -0.05) is 19.1 Å². The molecule has 0 N–H and O–H groups in total. The third-order valence-electron chi connectivity index (χ3n) is 4.32. The summed E-state index contributed by atoms with van der Waals surface area (Å²) in [5.41, 5.74) is 1.09. The maximum atomic E-state index is 12.8. The first kappa shape index (κ1) is 19.4. The van der Waals surface area contributed by atoms with Gasteiger partial charge in [0, 0.05) is 25.2 Å². The van der Waals surface area contributed by atoms with E-state index in [2.05, 4.69) is 32.6 Å². The van der Waals surface area contributed by atoms with E-state index < -0.39 is 10.0 Å².